The normalized spacial score (nSPS) is 12.7. The van der Waals surface area contributed by atoms with E-state index in [1.807, 2.05) is 0 Å². The van der Waals surface area contributed by atoms with Crippen LogP contribution >= 0.6 is 0 Å². The smallest absolute Gasteiger partial charge is 0.305 e. The van der Waals surface area contributed by atoms with Crippen molar-refractivity contribution in [2.75, 3.05) is 13.2 Å². The topological polar surface area (TPSA) is 95.9 Å². The number of nitrogens with one attached hydrogen (secondary N) is 1. The van der Waals surface area contributed by atoms with Gasteiger partial charge in [0, 0.05) is 12.8 Å². The van der Waals surface area contributed by atoms with Crippen LogP contribution in [-0.4, -0.2) is 47.4 Å². The summed E-state index contributed by atoms with van der Waals surface area (Å²) in [6.07, 6.45) is 70.5. The molecule has 0 saturated heterocycles. The lowest BCUT2D eigenvalue weighted by Gasteiger charge is -2.22. The van der Waals surface area contributed by atoms with E-state index in [9.17, 15) is 19.8 Å². The van der Waals surface area contributed by atoms with Crippen molar-refractivity contribution < 1.29 is 24.5 Å². The number of carbonyl (C=O) groups is 2. The lowest BCUT2D eigenvalue weighted by molar-refractivity contribution is -0.143. The van der Waals surface area contributed by atoms with Gasteiger partial charge in [-0.3, -0.25) is 9.59 Å². The Morgan fingerprint density at radius 1 is 0.397 bits per heavy atom. The van der Waals surface area contributed by atoms with Crippen molar-refractivity contribution in [2.45, 2.75) is 347 Å². The first-order valence-electron chi connectivity index (χ1n) is 30.6. The lowest BCUT2D eigenvalue weighted by Crippen LogP contribution is -2.45. The van der Waals surface area contributed by atoms with Gasteiger partial charge < -0.3 is 20.3 Å². The maximum Gasteiger partial charge on any atom is 0.305 e. The molecule has 0 aromatic rings. The molecular weight excluding hydrogens is 839 g/mol. The second-order valence-corrected chi connectivity index (χ2v) is 21.0. The molecule has 2 atom stereocenters. The molecule has 0 saturated carbocycles. The van der Waals surface area contributed by atoms with E-state index >= 15 is 0 Å². The van der Waals surface area contributed by atoms with Gasteiger partial charge in [-0.05, 0) is 70.6 Å². The first-order chi connectivity index (χ1) is 33.5. The van der Waals surface area contributed by atoms with Gasteiger partial charge in [0.05, 0.1) is 25.4 Å². The average Bonchev–Trinajstić information content (AvgIpc) is 3.34. The Morgan fingerprint density at radius 2 is 0.706 bits per heavy atom. The third-order valence-corrected chi connectivity index (χ3v) is 14.2. The molecule has 0 aliphatic carbocycles. The van der Waals surface area contributed by atoms with E-state index < -0.39 is 12.1 Å². The molecule has 6 heteroatoms. The number of esters is 1. The molecule has 68 heavy (non-hydrogen) atoms. The van der Waals surface area contributed by atoms with E-state index in [2.05, 4.69) is 43.5 Å². The Kier molecular flexibility index (Phi) is 56.5. The summed E-state index contributed by atoms with van der Waals surface area (Å²) in [5, 5.41) is 23.3. The highest BCUT2D eigenvalue weighted by Gasteiger charge is 2.20. The zero-order valence-corrected chi connectivity index (χ0v) is 45.9. The number of unbranched alkanes of at least 4 members (excludes halogenated alkanes) is 42. The monoisotopic (exact) mass is 958 g/mol. The molecule has 0 aliphatic heterocycles. The number of carbonyl (C=O) groups excluding carboxylic acids is 2. The molecule has 0 fully saturated rings. The van der Waals surface area contributed by atoms with Crippen molar-refractivity contribution in [1.82, 2.24) is 5.32 Å². The van der Waals surface area contributed by atoms with Crippen LogP contribution in [0.1, 0.15) is 335 Å². The average molecular weight is 959 g/mol. The molecule has 0 bridgehead atoms. The zero-order chi connectivity index (χ0) is 49.3. The Bertz CT molecular complexity index is 1060. The maximum atomic E-state index is 12.5. The predicted molar refractivity (Wildman–Crippen MR) is 296 cm³/mol. The van der Waals surface area contributed by atoms with Crippen LogP contribution in [0.4, 0.5) is 0 Å². The van der Waals surface area contributed by atoms with Gasteiger partial charge in [-0.2, -0.15) is 0 Å². The third kappa shape index (κ3) is 53.7. The van der Waals surface area contributed by atoms with Crippen molar-refractivity contribution in [3.8, 4) is 0 Å². The summed E-state index contributed by atoms with van der Waals surface area (Å²) in [7, 11) is 0. The van der Waals surface area contributed by atoms with Crippen LogP contribution < -0.4 is 5.32 Å². The Morgan fingerprint density at radius 3 is 1.09 bits per heavy atom. The zero-order valence-electron chi connectivity index (χ0n) is 45.9. The summed E-state index contributed by atoms with van der Waals surface area (Å²) in [5.41, 5.74) is 0. The van der Waals surface area contributed by atoms with Crippen LogP contribution in [0.3, 0.4) is 0 Å². The SMILES string of the molecule is CCCC/C=C\CCCCCCCC(=O)OCCCCCCCCCCCCCC/C=C\CCCCCCCCCCCCC(=O)NC(CO)C(O)CCCCCCCCCCCCCCCC. The van der Waals surface area contributed by atoms with Crippen molar-refractivity contribution in [2.24, 2.45) is 0 Å². The number of aliphatic hydroxyl groups is 2. The van der Waals surface area contributed by atoms with Crippen molar-refractivity contribution >= 4 is 11.9 Å². The fraction of sp³-hybridized carbons (Fsp3) is 0.903. The van der Waals surface area contributed by atoms with Crippen LogP contribution in [-0.2, 0) is 14.3 Å². The summed E-state index contributed by atoms with van der Waals surface area (Å²) in [4.78, 5) is 24.5. The second kappa shape index (κ2) is 57.9. The summed E-state index contributed by atoms with van der Waals surface area (Å²) in [5.74, 6) is -0.0321. The number of allylic oxidation sites excluding steroid dienone is 4. The molecule has 0 aliphatic rings. The summed E-state index contributed by atoms with van der Waals surface area (Å²) < 4.78 is 5.46. The molecule has 1 amide bonds. The highest BCUT2D eigenvalue weighted by molar-refractivity contribution is 5.76. The highest BCUT2D eigenvalue weighted by atomic mass is 16.5. The van der Waals surface area contributed by atoms with E-state index in [4.69, 9.17) is 4.74 Å². The molecule has 2 unspecified atom stereocenters. The maximum absolute atomic E-state index is 12.5. The van der Waals surface area contributed by atoms with E-state index in [0.717, 1.165) is 44.9 Å². The lowest BCUT2D eigenvalue weighted by atomic mass is 10.0. The van der Waals surface area contributed by atoms with Gasteiger partial charge in [0.15, 0.2) is 0 Å². The standard InChI is InChI=1S/C62H119NO5/c1-3-5-7-9-11-13-15-16-31-35-38-42-46-50-54-60(65)59(58-64)63-61(66)55-51-47-43-39-36-32-29-27-25-23-21-19-17-18-20-22-24-26-28-30-33-37-41-45-49-53-57-68-62(67)56-52-48-44-40-34-14-12-10-8-6-4-2/h10,12,17,19,59-60,64-65H,3-9,11,13-16,18,20-58H2,1-2H3,(H,63,66)/b12-10-,19-17-. The Balaban J connectivity index is 3.39. The number of aliphatic hydroxyl groups excluding tert-OH is 2. The molecule has 0 aromatic heterocycles. The summed E-state index contributed by atoms with van der Waals surface area (Å²) in [6, 6.07) is -0.542. The van der Waals surface area contributed by atoms with Gasteiger partial charge in [0.1, 0.15) is 0 Å². The molecule has 0 rings (SSSR count). The van der Waals surface area contributed by atoms with E-state index in [-0.39, 0.29) is 18.5 Å². The number of hydrogen-bond acceptors (Lipinski definition) is 5. The molecule has 0 radical (unpaired) electrons. The fourth-order valence-electron chi connectivity index (χ4n) is 9.50. The Labute approximate surface area is 424 Å². The third-order valence-electron chi connectivity index (χ3n) is 14.2. The minimum atomic E-state index is -0.664. The summed E-state index contributed by atoms with van der Waals surface area (Å²) >= 11 is 0. The number of hydrogen-bond donors (Lipinski definition) is 3. The molecule has 6 nitrogen and oxygen atoms in total. The minimum Gasteiger partial charge on any atom is -0.466 e. The van der Waals surface area contributed by atoms with E-state index in [0.29, 0.717) is 25.9 Å². The first kappa shape index (κ1) is 66.3. The number of amides is 1. The van der Waals surface area contributed by atoms with Crippen LogP contribution in [0, 0.1) is 0 Å². The largest absolute Gasteiger partial charge is 0.466 e. The fourth-order valence-corrected chi connectivity index (χ4v) is 9.50. The molecule has 3 N–H and O–H groups in total. The van der Waals surface area contributed by atoms with Gasteiger partial charge >= 0.3 is 5.97 Å². The molecule has 0 heterocycles. The van der Waals surface area contributed by atoms with Crippen molar-refractivity contribution in [3.63, 3.8) is 0 Å². The van der Waals surface area contributed by atoms with Gasteiger partial charge in [0.25, 0.3) is 0 Å². The van der Waals surface area contributed by atoms with Gasteiger partial charge in [-0.15, -0.1) is 0 Å². The quantitative estimate of drug-likeness (QED) is 0.0321. The van der Waals surface area contributed by atoms with E-state index in [1.54, 1.807) is 0 Å². The van der Waals surface area contributed by atoms with Crippen molar-refractivity contribution in [3.05, 3.63) is 24.3 Å². The minimum absolute atomic E-state index is 0.00333. The molecular formula is C62H119NO5. The van der Waals surface area contributed by atoms with Crippen LogP contribution in [0.2, 0.25) is 0 Å². The van der Waals surface area contributed by atoms with Crippen LogP contribution in [0.15, 0.2) is 24.3 Å². The van der Waals surface area contributed by atoms with Gasteiger partial charge in [-0.1, -0.05) is 276 Å². The van der Waals surface area contributed by atoms with E-state index in [1.165, 1.54) is 257 Å². The van der Waals surface area contributed by atoms with Crippen LogP contribution in [0.5, 0.6) is 0 Å². The van der Waals surface area contributed by atoms with Crippen molar-refractivity contribution in [1.29, 1.82) is 0 Å². The second-order valence-electron chi connectivity index (χ2n) is 21.0. The summed E-state index contributed by atoms with van der Waals surface area (Å²) in [6.45, 7) is 4.93. The molecule has 402 valence electrons. The predicted octanol–water partition coefficient (Wildman–Crippen LogP) is 19.0. The number of ether oxygens (including phenoxy) is 1. The Hall–Kier alpha value is -1.66. The highest BCUT2D eigenvalue weighted by Crippen LogP contribution is 2.17. The molecule has 0 aromatic carbocycles. The number of rotatable bonds is 57. The first-order valence-corrected chi connectivity index (χ1v) is 30.6. The van der Waals surface area contributed by atoms with Crippen LogP contribution in [0.25, 0.3) is 0 Å². The van der Waals surface area contributed by atoms with Gasteiger partial charge in [-0.25, -0.2) is 0 Å². The van der Waals surface area contributed by atoms with Gasteiger partial charge in [0.2, 0.25) is 5.91 Å². The molecule has 0 spiro atoms.